The topological polar surface area (TPSA) is 64.0 Å². The lowest BCUT2D eigenvalue weighted by Gasteiger charge is -2.26. The van der Waals surface area contributed by atoms with Crippen LogP contribution >= 0.6 is 11.8 Å². The summed E-state index contributed by atoms with van der Waals surface area (Å²) in [6, 6.07) is 7.60. The number of hydrogen-bond acceptors (Lipinski definition) is 4. The molecule has 0 bridgehead atoms. The maximum Gasteiger partial charge on any atom is 0.237 e. The Labute approximate surface area is 171 Å². The van der Waals surface area contributed by atoms with E-state index >= 15 is 0 Å². The highest BCUT2D eigenvalue weighted by molar-refractivity contribution is 8.00. The molecule has 1 heterocycles. The van der Waals surface area contributed by atoms with E-state index in [1.165, 1.54) is 56.5 Å². The van der Waals surface area contributed by atoms with Gasteiger partial charge in [0.25, 0.3) is 0 Å². The Morgan fingerprint density at radius 2 is 1.86 bits per heavy atom. The minimum Gasteiger partial charge on any atom is -0.324 e. The zero-order valence-corrected chi connectivity index (χ0v) is 17.9. The van der Waals surface area contributed by atoms with E-state index in [1.54, 1.807) is 18.2 Å². The zero-order valence-electron chi connectivity index (χ0n) is 17.1. The molecule has 1 N–H and O–H groups in total. The summed E-state index contributed by atoms with van der Waals surface area (Å²) in [6.07, 6.45) is 6.17. The number of hydrogen-bond donors (Lipinski definition) is 1. The van der Waals surface area contributed by atoms with Crippen LogP contribution in [0.2, 0.25) is 0 Å². The average molecular weight is 400 g/mol. The van der Waals surface area contributed by atoms with Crippen LogP contribution in [-0.4, -0.2) is 26.5 Å². The monoisotopic (exact) mass is 399 g/mol. The summed E-state index contributed by atoms with van der Waals surface area (Å²) >= 11 is 1.50. The number of Topliss-reactive ketones (excluding diaryl/α,β-unsaturated/α-hetero) is 1. The summed E-state index contributed by atoms with van der Waals surface area (Å²) in [5.74, 6) is -0.178. The fourth-order valence-corrected chi connectivity index (χ4v) is 4.86. The maximum atomic E-state index is 12.8. The average Bonchev–Trinajstić information content (AvgIpc) is 2.96. The molecule has 28 heavy (non-hydrogen) atoms. The smallest absolute Gasteiger partial charge is 0.237 e. The van der Waals surface area contributed by atoms with Crippen molar-refractivity contribution in [3.8, 4) is 0 Å². The van der Waals surface area contributed by atoms with Gasteiger partial charge in [-0.1, -0.05) is 43.2 Å². The molecule has 3 rings (SSSR count). The molecule has 1 amide bonds. The third-order valence-electron chi connectivity index (χ3n) is 5.51. The largest absolute Gasteiger partial charge is 0.324 e. The molecule has 1 aliphatic carbocycles. The number of nitrogens with one attached hydrogen (secondary N) is 1. The molecule has 5 nitrogen and oxygen atoms in total. The van der Waals surface area contributed by atoms with E-state index in [0.717, 1.165) is 10.9 Å². The molecule has 1 saturated carbocycles. The van der Waals surface area contributed by atoms with Crippen molar-refractivity contribution in [2.24, 2.45) is 0 Å². The van der Waals surface area contributed by atoms with Crippen molar-refractivity contribution in [2.45, 2.75) is 76.2 Å². The van der Waals surface area contributed by atoms with E-state index in [1.807, 2.05) is 19.9 Å². The van der Waals surface area contributed by atoms with Crippen molar-refractivity contribution in [1.82, 2.24) is 9.55 Å². The van der Waals surface area contributed by atoms with Crippen LogP contribution in [0.25, 0.3) is 0 Å². The molecule has 0 saturated heterocycles. The van der Waals surface area contributed by atoms with E-state index in [4.69, 9.17) is 4.98 Å². The summed E-state index contributed by atoms with van der Waals surface area (Å²) < 4.78 is 2.34. The van der Waals surface area contributed by atoms with Gasteiger partial charge in [-0.15, -0.1) is 0 Å². The third-order valence-corrected chi connectivity index (χ3v) is 6.58. The molecule has 0 spiro atoms. The summed E-state index contributed by atoms with van der Waals surface area (Å²) in [6.45, 7) is 7.55. The van der Waals surface area contributed by atoms with Crippen LogP contribution < -0.4 is 5.32 Å². The summed E-state index contributed by atoms with van der Waals surface area (Å²) in [7, 11) is 0. The Kier molecular flexibility index (Phi) is 6.60. The van der Waals surface area contributed by atoms with Crippen LogP contribution in [0.15, 0.2) is 29.4 Å². The Morgan fingerprint density at radius 1 is 1.18 bits per heavy atom. The molecular formula is C22H29N3O2S. The molecule has 1 unspecified atom stereocenters. The highest BCUT2D eigenvalue weighted by Crippen LogP contribution is 2.35. The number of ketones is 1. The number of benzene rings is 1. The summed E-state index contributed by atoms with van der Waals surface area (Å²) in [4.78, 5) is 29.3. The van der Waals surface area contributed by atoms with Crippen molar-refractivity contribution >= 4 is 29.1 Å². The van der Waals surface area contributed by atoms with Gasteiger partial charge in [0.15, 0.2) is 10.9 Å². The minimum absolute atomic E-state index is 0.0599. The highest BCUT2D eigenvalue weighted by atomic mass is 32.2. The first-order chi connectivity index (χ1) is 13.4. The van der Waals surface area contributed by atoms with Gasteiger partial charge in [-0.2, -0.15) is 0 Å². The van der Waals surface area contributed by atoms with E-state index in [-0.39, 0.29) is 16.9 Å². The van der Waals surface area contributed by atoms with Gasteiger partial charge in [-0.25, -0.2) is 4.98 Å². The van der Waals surface area contributed by atoms with Crippen molar-refractivity contribution in [1.29, 1.82) is 0 Å². The molecule has 0 radical (unpaired) electrons. The fraction of sp³-hybridized carbons (Fsp3) is 0.500. The van der Waals surface area contributed by atoms with Crippen LogP contribution in [0.5, 0.6) is 0 Å². The molecule has 1 aromatic heterocycles. The number of carbonyl (C=O) groups excluding carboxylic acids is 2. The second kappa shape index (κ2) is 8.95. The van der Waals surface area contributed by atoms with Gasteiger partial charge in [0.1, 0.15) is 0 Å². The first-order valence-corrected chi connectivity index (χ1v) is 10.9. The van der Waals surface area contributed by atoms with E-state index in [2.05, 4.69) is 16.8 Å². The number of rotatable bonds is 6. The van der Waals surface area contributed by atoms with Gasteiger partial charge in [0, 0.05) is 17.3 Å². The fourth-order valence-electron chi connectivity index (χ4n) is 3.79. The van der Waals surface area contributed by atoms with Gasteiger partial charge in [0.05, 0.1) is 16.6 Å². The van der Waals surface area contributed by atoms with Crippen molar-refractivity contribution in [3.63, 3.8) is 0 Å². The predicted octanol–water partition coefficient (Wildman–Crippen LogP) is 5.33. The standard InChI is InChI=1S/C22H29N3O2S/c1-14-15(2)25(18-10-6-5-7-11-18)22(23-14)28-17(4)21(27)24-20-13-9-8-12-19(20)16(3)26/h8-9,12-13,17-18H,5-7,10-11H2,1-4H3,(H,24,27). The molecule has 2 aromatic rings. The normalized spacial score (nSPS) is 16.0. The molecule has 1 aromatic carbocycles. The summed E-state index contributed by atoms with van der Waals surface area (Å²) in [5, 5.41) is 3.52. The Balaban J connectivity index is 1.76. The molecular weight excluding hydrogens is 370 g/mol. The predicted molar refractivity (Wildman–Crippen MR) is 114 cm³/mol. The Morgan fingerprint density at radius 3 is 2.54 bits per heavy atom. The Hall–Kier alpha value is -2.08. The Bertz CT molecular complexity index is 869. The molecule has 150 valence electrons. The van der Waals surface area contributed by atoms with Crippen LogP contribution in [0.1, 0.15) is 73.7 Å². The van der Waals surface area contributed by atoms with Crippen molar-refractivity contribution in [2.75, 3.05) is 5.32 Å². The molecule has 6 heteroatoms. The van der Waals surface area contributed by atoms with Gasteiger partial charge >= 0.3 is 0 Å². The van der Waals surface area contributed by atoms with Crippen LogP contribution in [0.4, 0.5) is 5.69 Å². The minimum atomic E-state index is -0.316. The second-order valence-electron chi connectivity index (χ2n) is 7.58. The number of anilines is 1. The van der Waals surface area contributed by atoms with Gasteiger partial charge in [-0.3, -0.25) is 9.59 Å². The lowest BCUT2D eigenvalue weighted by Crippen LogP contribution is -2.24. The first-order valence-electron chi connectivity index (χ1n) is 10.0. The van der Waals surface area contributed by atoms with Gasteiger partial charge in [-0.05, 0) is 52.7 Å². The number of para-hydroxylation sites is 1. The molecule has 1 atom stereocenters. The van der Waals surface area contributed by atoms with E-state index in [0.29, 0.717) is 17.3 Å². The van der Waals surface area contributed by atoms with E-state index in [9.17, 15) is 9.59 Å². The number of amides is 1. The number of aromatic nitrogens is 2. The number of thioether (sulfide) groups is 1. The SMILES string of the molecule is CC(=O)c1ccccc1NC(=O)C(C)Sc1nc(C)c(C)n1C1CCCCC1. The van der Waals surface area contributed by atoms with Crippen molar-refractivity contribution < 1.29 is 9.59 Å². The molecule has 0 aliphatic heterocycles. The lowest BCUT2D eigenvalue weighted by molar-refractivity contribution is -0.115. The first kappa shape index (κ1) is 20.6. The van der Waals surface area contributed by atoms with Crippen LogP contribution in [0.3, 0.4) is 0 Å². The second-order valence-corrected chi connectivity index (χ2v) is 8.89. The highest BCUT2D eigenvalue weighted by Gasteiger charge is 2.25. The maximum absolute atomic E-state index is 12.8. The molecule has 1 aliphatic rings. The number of imidazole rings is 1. The van der Waals surface area contributed by atoms with Crippen molar-refractivity contribution in [3.05, 3.63) is 41.2 Å². The van der Waals surface area contributed by atoms with E-state index < -0.39 is 0 Å². The number of aryl methyl sites for hydroxylation is 1. The van der Waals surface area contributed by atoms with Gasteiger partial charge < -0.3 is 9.88 Å². The quantitative estimate of drug-likeness (QED) is 0.527. The van der Waals surface area contributed by atoms with Crippen LogP contribution in [-0.2, 0) is 4.79 Å². The number of nitrogens with zero attached hydrogens (tertiary/aromatic N) is 2. The lowest BCUT2D eigenvalue weighted by atomic mass is 9.95. The number of carbonyl (C=O) groups is 2. The zero-order chi connectivity index (χ0) is 20.3. The summed E-state index contributed by atoms with van der Waals surface area (Å²) in [5.41, 5.74) is 3.32. The van der Waals surface area contributed by atoms with Gasteiger partial charge in [0.2, 0.25) is 5.91 Å². The third kappa shape index (κ3) is 4.49. The van der Waals surface area contributed by atoms with Crippen LogP contribution in [0, 0.1) is 13.8 Å². The molecule has 1 fully saturated rings.